The summed E-state index contributed by atoms with van der Waals surface area (Å²) in [6.07, 6.45) is 1.83. The van der Waals surface area contributed by atoms with Gasteiger partial charge in [-0.1, -0.05) is 6.07 Å². The van der Waals surface area contributed by atoms with Crippen LogP contribution in [0.2, 0.25) is 0 Å². The number of nitrogens with two attached hydrogens (primary N) is 1. The van der Waals surface area contributed by atoms with Gasteiger partial charge in [-0.05, 0) is 30.9 Å². The topological polar surface area (TPSA) is 55.5 Å². The average Bonchev–Trinajstić information content (AvgIpc) is 3.12. The molecule has 1 unspecified atom stereocenters. The lowest BCUT2D eigenvalue weighted by Crippen LogP contribution is -2.51. The van der Waals surface area contributed by atoms with Gasteiger partial charge in [-0.15, -0.1) is 0 Å². The SMILES string of the molecule is NC(CO)(COc1c(F)cccc1F)C1CC1. The molecule has 2 rings (SSSR count). The summed E-state index contributed by atoms with van der Waals surface area (Å²) >= 11 is 0. The Hall–Kier alpha value is -1.20. The van der Waals surface area contributed by atoms with Crippen LogP contribution in [-0.2, 0) is 0 Å². The third kappa shape index (κ3) is 2.56. The largest absolute Gasteiger partial charge is 0.486 e. The van der Waals surface area contributed by atoms with Crippen molar-refractivity contribution in [1.29, 1.82) is 0 Å². The van der Waals surface area contributed by atoms with Crippen LogP contribution < -0.4 is 10.5 Å². The molecule has 0 spiro atoms. The van der Waals surface area contributed by atoms with Crippen LogP contribution in [0.15, 0.2) is 18.2 Å². The first-order valence-corrected chi connectivity index (χ1v) is 5.53. The fourth-order valence-corrected chi connectivity index (χ4v) is 1.78. The molecular weight excluding hydrogens is 228 g/mol. The molecule has 1 aliphatic rings. The number of aliphatic hydroxyl groups excluding tert-OH is 1. The second-order valence-corrected chi connectivity index (χ2v) is 4.51. The zero-order valence-electron chi connectivity index (χ0n) is 9.33. The van der Waals surface area contributed by atoms with Crippen LogP contribution in [0.3, 0.4) is 0 Å². The van der Waals surface area contributed by atoms with Gasteiger partial charge in [0.1, 0.15) is 6.61 Å². The molecule has 3 N–H and O–H groups in total. The molecule has 17 heavy (non-hydrogen) atoms. The highest BCUT2D eigenvalue weighted by molar-refractivity contribution is 5.26. The number of para-hydroxylation sites is 1. The van der Waals surface area contributed by atoms with Gasteiger partial charge in [0.15, 0.2) is 17.4 Å². The van der Waals surface area contributed by atoms with Crippen LogP contribution in [0, 0.1) is 17.6 Å². The Kier molecular flexibility index (Phi) is 3.31. The summed E-state index contributed by atoms with van der Waals surface area (Å²) in [4.78, 5) is 0. The van der Waals surface area contributed by atoms with Crippen LogP contribution in [0.1, 0.15) is 12.8 Å². The van der Waals surface area contributed by atoms with Crippen molar-refractivity contribution in [3.05, 3.63) is 29.8 Å². The molecule has 0 saturated heterocycles. The minimum Gasteiger partial charge on any atom is -0.486 e. The Bertz CT molecular complexity index is 389. The molecule has 5 heteroatoms. The van der Waals surface area contributed by atoms with Gasteiger partial charge in [0.2, 0.25) is 0 Å². The number of rotatable bonds is 5. The Labute approximate surface area is 98.2 Å². The lowest BCUT2D eigenvalue weighted by Gasteiger charge is -2.27. The van der Waals surface area contributed by atoms with Gasteiger partial charge >= 0.3 is 0 Å². The van der Waals surface area contributed by atoms with Crippen LogP contribution >= 0.6 is 0 Å². The van der Waals surface area contributed by atoms with Crippen molar-refractivity contribution >= 4 is 0 Å². The first-order chi connectivity index (χ1) is 8.07. The molecule has 0 amide bonds. The van der Waals surface area contributed by atoms with Gasteiger partial charge < -0.3 is 15.6 Å². The highest BCUT2D eigenvalue weighted by Gasteiger charge is 2.42. The van der Waals surface area contributed by atoms with Crippen molar-refractivity contribution in [1.82, 2.24) is 0 Å². The van der Waals surface area contributed by atoms with E-state index in [0.29, 0.717) is 0 Å². The molecule has 1 fully saturated rings. The van der Waals surface area contributed by atoms with E-state index in [-0.39, 0.29) is 19.1 Å². The fourth-order valence-electron chi connectivity index (χ4n) is 1.78. The van der Waals surface area contributed by atoms with Crippen LogP contribution in [-0.4, -0.2) is 23.9 Å². The number of hydrogen-bond donors (Lipinski definition) is 2. The van der Waals surface area contributed by atoms with Crippen molar-refractivity contribution in [2.24, 2.45) is 11.7 Å². The zero-order valence-corrected chi connectivity index (χ0v) is 9.33. The summed E-state index contributed by atoms with van der Waals surface area (Å²) < 4.78 is 31.6. The second-order valence-electron chi connectivity index (χ2n) is 4.51. The van der Waals surface area contributed by atoms with Gasteiger partial charge in [-0.2, -0.15) is 0 Å². The van der Waals surface area contributed by atoms with E-state index < -0.39 is 22.9 Å². The summed E-state index contributed by atoms with van der Waals surface area (Å²) in [7, 11) is 0. The van der Waals surface area contributed by atoms with Crippen molar-refractivity contribution in [2.45, 2.75) is 18.4 Å². The number of hydrogen-bond acceptors (Lipinski definition) is 3. The predicted molar refractivity (Wildman–Crippen MR) is 58.6 cm³/mol. The summed E-state index contributed by atoms with van der Waals surface area (Å²) in [5.74, 6) is -1.79. The summed E-state index contributed by atoms with van der Waals surface area (Å²) in [5.41, 5.74) is 5.02. The number of ether oxygens (including phenoxy) is 1. The van der Waals surface area contributed by atoms with E-state index >= 15 is 0 Å². The summed E-state index contributed by atoms with van der Waals surface area (Å²) in [5, 5.41) is 9.22. The van der Waals surface area contributed by atoms with E-state index in [1.54, 1.807) is 0 Å². The lowest BCUT2D eigenvalue weighted by molar-refractivity contribution is 0.112. The van der Waals surface area contributed by atoms with E-state index in [0.717, 1.165) is 25.0 Å². The van der Waals surface area contributed by atoms with Gasteiger partial charge in [-0.3, -0.25) is 0 Å². The summed E-state index contributed by atoms with van der Waals surface area (Å²) in [6, 6.07) is 3.50. The zero-order chi connectivity index (χ0) is 12.5. The molecule has 0 aromatic heterocycles. The number of aliphatic hydroxyl groups is 1. The Morgan fingerprint density at radius 1 is 1.35 bits per heavy atom. The Balaban J connectivity index is 2.06. The van der Waals surface area contributed by atoms with Crippen LogP contribution in [0.4, 0.5) is 8.78 Å². The first kappa shape index (κ1) is 12.3. The molecule has 1 aromatic rings. The molecule has 1 saturated carbocycles. The Morgan fingerprint density at radius 2 is 1.94 bits per heavy atom. The maximum Gasteiger partial charge on any atom is 0.190 e. The smallest absolute Gasteiger partial charge is 0.190 e. The number of benzene rings is 1. The molecule has 0 bridgehead atoms. The minimum atomic E-state index is -0.908. The van der Waals surface area contributed by atoms with Gasteiger partial charge in [0, 0.05) is 0 Å². The van der Waals surface area contributed by atoms with E-state index in [9.17, 15) is 13.9 Å². The molecule has 0 radical (unpaired) electrons. The normalized spacial score (nSPS) is 18.8. The molecule has 0 aliphatic heterocycles. The summed E-state index contributed by atoms with van der Waals surface area (Å²) in [6.45, 7) is -0.347. The van der Waals surface area contributed by atoms with Gasteiger partial charge in [0.05, 0.1) is 12.1 Å². The fraction of sp³-hybridized carbons (Fsp3) is 0.500. The van der Waals surface area contributed by atoms with Crippen molar-refractivity contribution in [3.63, 3.8) is 0 Å². The molecule has 1 aromatic carbocycles. The molecule has 3 nitrogen and oxygen atoms in total. The molecule has 0 heterocycles. The maximum absolute atomic E-state index is 13.3. The van der Waals surface area contributed by atoms with E-state index in [1.165, 1.54) is 6.07 Å². The monoisotopic (exact) mass is 243 g/mol. The van der Waals surface area contributed by atoms with E-state index in [2.05, 4.69) is 0 Å². The molecule has 94 valence electrons. The average molecular weight is 243 g/mol. The standard InChI is InChI=1S/C12H15F2NO2/c13-9-2-1-3-10(14)11(9)17-7-12(15,6-16)8-4-5-8/h1-3,8,16H,4-7,15H2. The molecule has 1 atom stereocenters. The van der Waals surface area contributed by atoms with Crippen LogP contribution in [0.5, 0.6) is 5.75 Å². The highest BCUT2D eigenvalue weighted by atomic mass is 19.1. The lowest BCUT2D eigenvalue weighted by atomic mass is 9.97. The van der Waals surface area contributed by atoms with Gasteiger partial charge in [-0.25, -0.2) is 8.78 Å². The predicted octanol–water partition coefficient (Wildman–Crippen LogP) is 1.44. The first-order valence-electron chi connectivity index (χ1n) is 5.53. The second kappa shape index (κ2) is 4.58. The number of halogens is 2. The van der Waals surface area contributed by atoms with E-state index in [1.807, 2.05) is 0 Å². The van der Waals surface area contributed by atoms with Crippen molar-refractivity contribution < 1.29 is 18.6 Å². The van der Waals surface area contributed by atoms with Crippen molar-refractivity contribution in [2.75, 3.05) is 13.2 Å². The molecule has 1 aliphatic carbocycles. The van der Waals surface area contributed by atoms with E-state index in [4.69, 9.17) is 10.5 Å². The van der Waals surface area contributed by atoms with Crippen molar-refractivity contribution in [3.8, 4) is 5.75 Å². The molecular formula is C12H15F2NO2. The third-order valence-electron chi connectivity index (χ3n) is 3.09. The van der Waals surface area contributed by atoms with Crippen LogP contribution in [0.25, 0.3) is 0 Å². The Morgan fingerprint density at radius 3 is 2.41 bits per heavy atom. The quantitative estimate of drug-likeness (QED) is 0.822. The van der Waals surface area contributed by atoms with Gasteiger partial charge in [0.25, 0.3) is 0 Å². The highest BCUT2D eigenvalue weighted by Crippen LogP contribution is 2.38. The minimum absolute atomic E-state index is 0.0913. The maximum atomic E-state index is 13.3. The third-order valence-corrected chi connectivity index (χ3v) is 3.09.